The van der Waals surface area contributed by atoms with E-state index in [0.29, 0.717) is 22.9 Å². The minimum Gasteiger partial charge on any atom is -0.351 e. The van der Waals surface area contributed by atoms with Crippen LogP contribution in [0.2, 0.25) is 5.02 Å². The maximum absolute atomic E-state index is 11.1. The number of nitrogens with zero attached hydrogens (tertiary/aromatic N) is 3. The Morgan fingerprint density at radius 1 is 1.30 bits per heavy atom. The highest BCUT2D eigenvalue weighted by molar-refractivity contribution is 6.30. The molecule has 0 unspecified atom stereocenters. The Bertz CT molecular complexity index is 513. The first-order chi connectivity index (χ1) is 9.63. The number of halogens is 1. The molecule has 0 amide bonds. The van der Waals surface area contributed by atoms with Crippen molar-refractivity contribution in [2.45, 2.75) is 37.8 Å². The van der Waals surface area contributed by atoms with E-state index in [1.54, 1.807) is 0 Å². The highest BCUT2D eigenvalue weighted by Gasteiger charge is 2.29. The Kier molecular flexibility index (Phi) is 3.76. The third-order valence-electron chi connectivity index (χ3n) is 3.85. The molecule has 1 saturated carbocycles. The van der Waals surface area contributed by atoms with Gasteiger partial charge >= 0.3 is 5.69 Å². The minimum absolute atomic E-state index is 0.00824. The van der Waals surface area contributed by atoms with Gasteiger partial charge in [-0.25, -0.2) is 4.98 Å². The van der Waals surface area contributed by atoms with Crippen molar-refractivity contribution in [3.05, 3.63) is 27.4 Å². The van der Waals surface area contributed by atoms with Gasteiger partial charge in [-0.2, -0.15) is 0 Å². The number of hydrogen-bond acceptors (Lipinski definition) is 5. The molecule has 1 aromatic rings. The number of anilines is 1. The second-order valence-electron chi connectivity index (χ2n) is 5.46. The summed E-state index contributed by atoms with van der Waals surface area (Å²) in [6.45, 7) is 1.58. The highest BCUT2D eigenvalue weighted by atomic mass is 35.5. The number of hydrogen-bond donors (Lipinski definition) is 1. The van der Waals surface area contributed by atoms with E-state index in [4.69, 9.17) is 11.6 Å². The standard InChI is InChI=1S/C13H17ClN4O2/c14-9-7-12(18(19)20)13(15-8-9)17-5-3-11(4-6-17)16-10-1-2-10/h7-8,10-11,16H,1-6H2. The highest BCUT2D eigenvalue weighted by Crippen LogP contribution is 2.30. The molecule has 3 rings (SSSR count). The fourth-order valence-corrected chi connectivity index (χ4v) is 2.79. The van der Waals surface area contributed by atoms with Crippen LogP contribution in [0.1, 0.15) is 25.7 Å². The summed E-state index contributed by atoms with van der Waals surface area (Å²) in [7, 11) is 0. The van der Waals surface area contributed by atoms with Gasteiger partial charge in [0, 0.05) is 37.4 Å². The topological polar surface area (TPSA) is 71.3 Å². The summed E-state index contributed by atoms with van der Waals surface area (Å²) >= 11 is 5.79. The molecular formula is C13H17ClN4O2. The predicted molar refractivity (Wildman–Crippen MR) is 77.3 cm³/mol. The lowest BCUT2D eigenvalue weighted by Gasteiger charge is -2.33. The number of piperidine rings is 1. The van der Waals surface area contributed by atoms with E-state index in [2.05, 4.69) is 10.3 Å². The maximum Gasteiger partial charge on any atom is 0.313 e. The molecule has 20 heavy (non-hydrogen) atoms. The molecule has 6 nitrogen and oxygen atoms in total. The van der Waals surface area contributed by atoms with Gasteiger partial charge in [0.05, 0.1) is 9.95 Å². The Balaban J connectivity index is 1.69. The second-order valence-corrected chi connectivity index (χ2v) is 5.89. The summed E-state index contributed by atoms with van der Waals surface area (Å²) in [5.41, 5.74) is -0.00824. The lowest BCUT2D eigenvalue weighted by atomic mass is 10.0. The molecule has 0 spiro atoms. The maximum atomic E-state index is 11.1. The average molecular weight is 297 g/mol. The summed E-state index contributed by atoms with van der Waals surface area (Å²) < 4.78 is 0. The van der Waals surface area contributed by atoms with Gasteiger partial charge in [-0.15, -0.1) is 0 Å². The monoisotopic (exact) mass is 296 g/mol. The molecule has 2 heterocycles. The van der Waals surface area contributed by atoms with Crippen molar-refractivity contribution >= 4 is 23.1 Å². The minimum atomic E-state index is -0.414. The van der Waals surface area contributed by atoms with Crippen molar-refractivity contribution in [3.63, 3.8) is 0 Å². The van der Waals surface area contributed by atoms with Gasteiger partial charge in [0.2, 0.25) is 5.82 Å². The predicted octanol–water partition coefficient (Wildman–Crippen LogP) is 2.36. The van der Waals surface area contributed by atoms with Crippen LogP contribution in [0.15, 0.2) is 12.3 Å². The summed E-state index contributed by atoms with van der Waals surface area (Å²) in [5, 5.41) is 15.0. The summed E-state index contributed by atoms with van der Waals surface area (Å²) in [5.74, 6) is 0.435. The molecule has 1 aromatic heterocycles. The van der Waals surface area contributed by atoms with Gasteiger partial charge in [-0.3, -0.25) is 10.1 Å². The first-order valence-corrected chi connectivity index (χ1v) is 7.32. The van der Waals surface area contributed by atoms with Crippen molar-refractivity contribution in [2.24, 2.45) is 0 Å². The fourth-order valence-electron chi connectivity index (χ4n) is 2.64. The van der Waals surface area contributed by atoms with Crippen LogP contribution in [0.3, 0.4) is 0 Å². The normalized spacial score (nSPS) is 20.1. The van der Waals surface area contributed by atoms with Gasteiger partial charge in [-0.05, 0) is 25.7 Å². The van der Waals surface area contributed by atoms with Crippen LogP contribution in [0, 0.1) is 10.1 Å². The van der Waals surface area contributed by atoms with Crippen LogP contribution >= 0.6 is 11.6 Å². The van der Waals surface area contributed by atoms with Crippen LogP contribution in [-0.2, 0) is 0 Å². The van der Waals surface area contributed by atoms with E-state index in [9.17, 15) is 10.1 Å². The molecule has 0 radical (unpaired) electrons. The molecule has 0 atom stereocenters. The molecular weight excluding hydrogens is 280 g/mol. The summed E-state index contributed by atoms with van der Waals surface area (Å²) in [6, 6.07) is 2.61. The van der Waals surface area contributed by atoms with Gasteiger partial charge in [0.15, 0.2) is 0 Å². The molecule has 2 aliphatic rings. The van der Waals surface area contributed by atoms with Crippen molar-refractivity contribution in [2.75, 3.05) is 18.0 Å². The van der Waals surface area contributed by atoms with Gasteiger partial charge in [-0.1, -0.05) is 11.6 Å². The number of aromatic nitrogens is 1. The Hall–Kier alpha value is -1.40. The van der Waals surface area contributed by atoms with E-state index in [-0.39, 0.29) is 5.69 Å². The van der Waals surface area contributed by atoms with Gasteiger partial charge < -0.3 is 10.2 Å². The number of pyridine rings is 1. The van der Waals surface area contributed by atoms with E-state index < -0.39 is 4.92 Å². The van der Waals surface area contributed by atoms with Crippen molar-refractivity contribution in [1.29, 1.82) is 0 Å². The average Bonchev–Trinajstić information content (AvgIpc) is 3.24. The van der Waals surface area contributed by atoms with Crippen molar-refractivity contribution in [3.8, 4) is 0 Å². The third kappa shape index (κ3) is 3.02. The molecule has 0 aromatic carbocycles. The quantitative estimate of drug-likeness (QED) is 0.682. The van der Waals surface area contributed by atoms with Crippen LogP contribution in [-0.4, -0.2) is 35.1 Å². The molecule has 1 aliphatic carbocycles. The van der Waals surface area contributed by atoms with Crippen molar-refractivity contribution in [1.82, 2.24) is 10.3 Å². The number of rotatable bonds is 4. The molecule has 1 aliphatic heterocycles. The lowest BCUT2D eigenvalue weighted by Crippen LogP contribution is -2.43. The molecule has 0 bridgehead atoms. The molecule has 1 N–H and O–H groups in total. The van der Waals surface area contributed by atoms with Crippen LogP contribution in [0.4, 0.5) is 11.5 Å². The SMILES string of the molecule is O=[N+]([O-])c1cc(Cl)cnc1N1CCC(NC2CC2)CC1. The molecule has 7 heteroatoms. The summed E-state index contributed by atoms with van der Waals surface area (Å²) in [4.78, 5) is 16.8. The van der Waals surface area contributed by atoms with E-state index in [1.165, 1.54) is 25.1 Å². The van der Waals surface area contributed by atoms with Crippen molar-refractivity contribution < 1.29 is 4.92 Å². The smallest absolute Gasteiger partial charge is 0.313 e. The largest absolute Gasteiger partial charge is 0.351 e. The number of nitro groups is 1. The Morgan fingerprint density at radius 2 is 1.95 bits per heavy atom. The van der Waals surface area contributed by atoms with E-state index >= 15 is 0 Å². The Labute approximate surface area is 122 Å². The first-order valence-electron chi connectivity index (χ1n) is 6.94. The van der Waals surface area contributed by atoms with Crippen LogP contribution in [0.25, 0.3) is 0 Å². The molecule has 1 saturated heterocycles. The fraction of sp³-hybridized carbons (Fsp3) is 0.615. The third-order valence-corrected chi connectivity index (χ3v) is 4.06. The lowest BCUT2D eigenvalue weighted by molar-refractivity contribution is -0.384. The van der Waals surface area contributed by atoms with Crippen LogP contribution in [0.5, 0.6) is 0 Å². The first kappa shape index (κ1) is 13.6. The second kappa shape index (κ2) is 5.54. The summed E-state index contributed by atoms with van der Waals surface area (Å²) in [6.07, 6.45) is 6.03. The van der Waals surface area contributed by atoms with Gasteiger partial charge in [0.25, 0.3) is 0 Å². The van der Waals surface area contributed by atoms with E-state index in [1.807, 2.05) is 4.90 Å². The van der Waals surface area contributed by atoms with Gasteiger partial charge in [0.1, 0.15) is 0 Å². The van der Waals surface area contributed by atoms with Crippen LogP contribution < -0.4 is 10.2 Å². The molecule has 108 valence electrons. The Morgan fingerprint density at radius 3 is 2.55 bits per heavy atom. The zero-order chi connectivity index (χ0) is 14.1. The zero-order valence-corrected chi connectivity index (χ0v) is 11.8. The zero-order valence-electron chi connectivity index (χ0n) is 11.1. The van der Waals surface area contributed by atoms with E-state index in [0.717, 1.165) is 25.9 Å². The number of nitrogens with one attached hydrogen (secondary N) is 1. The molecule has 2 fully saturated rings.